The molecule has 0 amide bonds. The van der Waals surface area contributed by atoms with Crippen LogP contribution in [0.25, 0.3) is 10.9 Å². The Kier molecular flexibility index (Phi) is 4.32. The van der Waals surface area contributed by atoms with Crippen molar-refractivity contribution in [2.24, 2.45) is 0 Å². The van der Waals surface area contributed by atoms with E-state index in [4.69, 9.17) is 16.3 Å². The maximum absolute atomic E-state index is 6.21. The van der Waals surface area contributed by atoms with Gasteiger partial charge in [0.2, 0.25) is 0 Å². The number of pyridine rings is 1. The molecule has 0 atom stereocenters. The average Bonchev–Trinajstić information content (AvgIpc) is 2.53. The van der Waals surface area contributed by atoms with Crippen molar-refractivity contribution in [1.82, 2.24) is 4.98 Å². The minimum Gasteiger partial charge on any atom is -0.496 e. The van der Waals surface area contributed by atoms with Crippen molar-refractivity contribution in [3.05, 3.63) is 65.3 Å². The molecule has 0 saturated carbocycles. The number of benzene rings is 2. The number of fused-ring (bicyclic) bond motifs is 1. The van der Waals surface area contributed by atoms with E-state index < -0.39 is 0 Å². The number of rotatable bonds is 4. The van der Waals surface area contributed by atoms with Crippen molar-refractivity contribution in [2.75, 3.05) is 7.11 Å². The first-order valence-corrected chi connectivity index (χ1v) is 7.93. The number of thioether (sulfide) groups is 1. The van der Waals surface area contributed by atoms with Gasteiger partial charge in [-0.25, -0.2) is 0 Å². The lowest BCUT2D eigenvalue weighted by Gasteiger charge is -2.10. The van der Waals surface area contributed by atoms with Crippen molar-refractivity contribution in [3.63, 3.8) is 0 Å². The smallest absolute Gasteiger partial charge is 0.133 e. The van der Waals surface area contributed by atoms with Gasteiger partial charge >= 0.3 is 0 Å². The predicted molar refractivity (Wildman–Crippen MR) is 89.3 cm³/mol. The monoisotopic (exact) mass is 315 g/mol. The van der Waals surface area contributed by atoms with Crippen molar-refractivity contribution < 1.29 is 4.74 Å². The van der Waals surface area contributed by atoms with Gasteiger partial charge in [-0.05, 0) is 23.8 Å². The van der Waals surface area contributed by atoms with Gasteiger partial charge in [-0.2, -0.15) is 0 Å². The highest BCUT2D eigenvalue weighted by Crippen LogP contribution is 2.36. The molecule has 2 aromatic carbocycles. The summed E-state index contributed by atoms with van der Waals surface area (Å²) in [5, 5.41) is 1.61. The highest BCUT2D eigenvalue weighted by atomic mass is 35.5. The van der Waals surface area contributed by atoms with Gasteiger partial charge in [0.05, 0.1) is 22.5 Å². The molecule has 0 spiro atoms. The van der Waals surface area contributed by atoms with Gasteiger partial charge in [0.25, 0.3) is 0 Å². The molecule has 0 aliphatic heterocycles. The van der Waals surface area contributed by atoms with Crippen LogP contribution in [0.5, 0.6) is 5.75 Å². The van der Waals surface area contributed by atoms with E-state index in [2.05, 4.69) is 29.2 Å². The normalized spacial score (nSPS) is 10.8. The fourth-order valence-corrected chi connectivity index (χ4v) is 3.33. The highest BCUT2D eigenvalue weighted by Gasteiger charge is 2.09. The van der Waals surface area contributed by atoms with Crippen LogP contribution in [-0.4, -0.2) is 12.1 Å². The van der Waals surface area contributed by atoms with Crippen LogP contribution >= 0.6 is 23.4 Å². The fraction of sp³-hybridized carbons (Fsp3) is 0.118. The Morgan fingerprint density at radius 2 is 1.95 bits per heavy atom. The molecule has 0 N–H and O–H groups in total. The van der Waals surface area contributed by atoms with Crippen molar-refractivity contribution >= 4 is 34.3 Å². The van der Waals surface area contributed by atoms with E-state index in [0.717, 1.165) is 27.3 Å². The molecule has 0 bridgehead atoms. The molecule has 0 fully saturated rings. The van der Waals surface area contributed by atoms with Crippen LogP contribution in [-0.2, 0) is 5.75 Å². The van der Waals surface area contributed by atoms with Gasteiger partial charge in [-0.3, -0.25) is 4.98 Å². The van der Waals surface area contributed by atoms with Gasteiger partial charge < -0.3 is 4.74 Å². The van der Waals surface area contributed by atoms with E-state index in [0.29, 0.717) is 5.02 Å². The molecule has 1 aromatic heterocycles. The molecule has 3 aromatic rings. The molecule has 106 valence electrons. The van der Waals surface area contributed by atoms with Crippen molar-refractivity contribution in [3.8, 4) is 5.75 Å². The molecular formula is C17H14ClNOS. The van der Waals surface area contributed by atoms with Crippen LogP contribution in [0.4, 0.5) is 0 Å². The predicted octanol–water partition coefficient (Wildman–Crippen LogP) is 5.19. The number of nitrogens with zero attached hydrogens (tertiary/aromatic N) is 1. The number of aromatic nitrogens is 1. The van der Waals surface area contributed by atoms with Gasteiger partial charge in [0, 0.05) is 17.3 Å². The SMILES string of the molecule is COc1cc2c(Cl)ccnc2cc1SCc1ccccc1. The summed E-state index contributed by atoms with van der Waals surface area (Å²) in [5.74, 6) is 1.72. The summed E-state index contributed by atoms with van der Waals surface area (Å²) < 4.78 is 5.49. The first-order chi connectivity index (χ1) is 10.3. The maximum Gasteiger partial charge on any atom is 0.133 e. The van der Waals surface area contributed by atoms with Gasteiger partial charge in [0.15, 0.2) is 0 Å². The summed E-state index contributed by atoms with van der Waals surface area (Å²) in [6, 6.07) is 16.2. The van der Waals surface area contributed by atoms with Gasteiger partial charge in [0.1, 0.15) is 5.75 Å². The zero-order chi connectivity index (χ0) is 14.7. The number of hydrogen-bond donors (Lipinski definition) is 0. The Balaban J connectivity index is 1.94. The Hall–Kier alpha value is -1.71. The summed E-state index contributed by atoms with van der Waals surface area (Å²) in [5.41, 5.74) is 2.17. The standard InChI is InChI=1S/C17H14ClNOS/c1-20-16-9-13-14(18)7-8-19-15(13)10-17(16)21-11-12-5-3-2-4-6-12/h2-10H,11H2,1H3. The molecule has 4 heteroatoms. The first kappa shape index (κ1) is 14.2. The maximum atomic E-state index is 6.21. The zero-order valence-corrected chi connectivity index (χ0v) is 13.1. The third kappa shape index (κ3) is 3.14. The lowest BCUT2D eigenvalue weighted by Crippen LogP contribution is -1.89. The van der Waals surface area contributed by atoms with E-state index in [1.807, 2.05) is 18.2 Å². The highest BCUT2D eigenvalue weighted by molar-refractivity contribution is 7.98. The summed E-state index contributed by atoms with van der Waals surface area (Å²) in [6.45, 7) is 0. The van der Waals surface area contributed by atoms with E-state index in [1.54, 1.807) is 31.1 Å². The van der Waals surface area contributed by atoms with Crippen molar-refractivity contribution in [2.45, 2.75) is 10.6 Å². The molecule has 1 heterocycles. The molecule has 3 rings (SSSR count). The Morgan fingerprint density at radius 1 is 1.14 bits per heavy atom. The van der Waals surface area contributed by atoms with Gasteiger partial charge in [-0.15, -0.1) is 11.8 Å². The molecule has 0 saturated heterocycles. The van der Waals surface area contributed by atoms with Crippen molar-refractivity contribution in [1.29, 1.82) is 0 Å². The molecule has 21 heavy (non-hydrogen) atoms. The van der Waals surface area contributed by atoms with Gasteiger partial charge in [-0.1, -0.05) is 41.9 Å². The summed E-state index contributed by atoms with van der Waals surface area (Å²) in [4.78, 5) is 5.45. The Labute approximate surface area is 133 Å². The van der Waals surface area contributed by atoms with Crippen LogP contribution in [0.3, 0.4) is 0 Å². The quantitative estimate of drug-likeness (QED) is 0.619. The van der Waals surface area contributed by atoms with Crippen LogP contribution in [0, 0.1) is 0 Å². The molecule has 0 unspecified atom stereocenters. The number of methoxy groups -OCH3 is 1. The lowest BCUT2D eigenvalue weighted by atomic mass is 10.2. The second-order valence-electron chi connectivity index (χ2n) is 4.59. The summed E-state index contributed by atoms with van der Waals surface area (Å²) in [6.07, 6.45) is 1.72. The number of ether oxygens (including phenoxy) is 1. The lowest BCUT2D eigenvalue weighted by molar-refractivity contribution is 0.405. The third-order valence-corrected chi connectivity index (χ3v) is 4.65. The first-order valence-electron chi connectivity index (χ1n) is 6.57. The minimum atomic E-state index is 0.693. The van der Waals surface area contributed by atoms with E-state index in [1.165, 1.54) is 5.56 Å². The van der Waals surface area contributed by atoms with Crippen LogP contribution in [0.1, 0.15) is 5.56 Å². The Morgan fingerprint density at radius 3 is 2.71 bits per heavy atom. The molecule has 0 aliphatic carbocycles. The van der Waals surface area contributed by atoms with E-state index in [9.17, 15) is 0 Å². The number of hydrogen-bond acceptors (Lipinski definition) is 3. The zero-order valence-electron chi connectivity index (χ0n) is 11.5. The second-order valence-corrected chi connectivity index (χ2v) is 6.01. The summed E-state index contributed by atoms with van der Waals surface area (Å²) >= 11 is 7.95. The third-order valence-electron chi connectivity index (χ3n) is 3.21. The summed E-state index contributed by atoms with van der Waals surface area (Å²) in [7, 11) is 1.68. The Bertz CT molecular complexity index is 761. The van der Waals surface area contributed by atoms with Crippen LogP contribution < -0.4 is 4.74 Å². The molecular weight excluding hydrogens is 302 g/mol. The molecule has 2 nitrogen and oxygen atoms in total. The van der Waals surface area contributed by atoms with E-state index >= 15 is 0 Å². The fourth-order valence-electron chi connectivity index (χ4n) is 2.13. The number of halogens is 1. The largest absolute Gasteiger partial charge is 0.496 e. The topological polar surface area (TPSA) is 22.1 Å². The van der Waals surface area contributed by atoms with Crippen LogP contribution in [0.15, 0.2) is 59.6 Å². The second kappa shape index (κ2) is 6.37. The van der Waals surface area contributed by atoms with E-state index in [-0.39, 0.29) is 0 Å². The van der Waals surface area contributed by atoms with Crippen LogP contribution in [0.2, 0.25) is 5.02 Å². The minimum absolute atomic E-state index is 0.693. The molecule has 0 aliphatic rings. The average molecular weight is 316 g/mol. The molecule has 0 radical (unpaired) electrons.